The molecule has 0 saturated carbocycles. The highest BCUT2D eigenvalue weighted by Gasteiger charge is 2.37. The number of fused-ring (bicyclic) bond motifs is 1. The molecule has 1 atom stereocenters. The van der Waals surface area contributed by atoms with Gasteiger partial charge >= 0.3 is 0 Å². The normalized spacial score (nSPS) is 18.8. The maximum absolute atomic E-state index is 11.1. The summed E-state index contributed by atoms with van der Waals surface area (Å²) in [6, 6.07) is 21.5. The summed E-state index contributed by atoms with van der Waals surface area (Å²) >= 11 is 0. The lowest BCUT2D eigenvalue weighted by Gasteiger charge is -2.33. The molecule has 0 saturated heterocycles. The number of hydrogen-bond acceptors (Lipinski definition) is 4. The highest BCUT2D eigenvalue weighted by Crippen LogP contribution is 2.49. The van der Waals surface area contributed by atoms with Crippen LogP contribution in [0.3, 0.4) is 0 Å². The molecule has 124 valence electrons. The van der Waals surface area contributed by atoms with E-state index in [2.05, 4.69) is 0 Å². The number of hydrogen-bond donors (Lipinski definition) is 3. The molecule has 0 aliphatic carbocycles. The first-order valence-corrected chi connectivity index (χ1v) is 7.89. The van der Waals surface area contributed by atoms with Crippen molar-refractivity contribution in [1.82, 2.24) is 0 Å². The lowest BCUT2D eigenvalue weighted by molar-refractivity contribution is -0.104. The molecule has 0 radical (unpaired) electrons. The molecule has 1 aliphatic heterocycles. The number of ether oxygens (including phenoxy) is 1. The molecule has 0 spiro atoms. The third-order valence-corrected chi connectivity index (χ3v) is 4.27. The predicted molar refractivity (Wildman–Crippen MR) is 94.3 cm³/mol. The molecule has 0 fully saturated rings. The maximum Gasteiger partial charge on any atom is 0.256 e. The molecule has 1 heterocycles. The number of aromatic hydroxyl groups is 2. The summed E-state index contributed by atoms with van der Waals surface area (Å²) in [6.07, 6.45) is 1.62. The largest absolute Gasteiger partial charge is 0.504 e. The van der Waals surface area contributed by atoms with Crippen LogP contribution in [-0.2, 0) is 5.79 Å². The highest BCUT2D eigenvalue weighted by molar-refractivity contribution is 5.86. The Labute approximate surface area is 144 Å². The van der Waals surface area contributed by atoms with Gasteiger partial charge in [-0.05, 0) is 23.3 Å². The van der Waals surface area contributed by atoms with Crippen molar-refractivity contribution in [3.8, 4) is 17.2 Å². The first-order valence-electron chi connectivity index (χ1n) is 7.89. The number of phenolic OH excluding ortho intramolecular Hbond substituents is 2. The molecule has 3 N–H and O–H groups in total. The fourth-order valence-corrected chi connectivity index (χ4v) is 3.01. The van der Waals surface area contributed by atoms with Gasteiger partial charge in [0.2, 0.25) is 5.75 Å². The standard InChI is InChI=1S/C21H16O4/c22-18-12-11-16-17(14-7-3-1-4-8-14)13-21(24,25-20(16)19(18)23)15-9-5-2-6-10-15/h1-13,22-24H. The molecule has 4 heteroatoms. The average Bonchev–Trinajstić information content (AvgIpc) is 2.66. The van der Waals surface area contributed by atoms with Crippen molar-refractivity contribution in [2.45, 2.75) is 5.79 Å². The van der Waals surface area contributed by atoms with Crippen LogP contribution in [0.4, 0.5) is 0 Å². The van der Waals surface area contributed by atoms with Gasteiger partial charge in [0.15, 0.2) is 11.5 Å². The molecule has 3 aromatic carbocycles. The van der Waals surface area contributed by atoms with Crippen molar-refractivity contribution in [1.29, 1.82) is 0 Å². The molecule has 4 rings (SSSR count). The van der Waals surface area contributed by atoms with E-state index in [1.54, 1.807) is 36.4 Å². The number of phenols is 2. The Morgan fingerprint density at radius 3 is 2.08 bits per heavy atom. The van der Waals surface area contributed by atoms with Gasteiger partial charge in [-0.15, -0.1) is 0 Å². The Bertz CT molecular complexity index is 948. The summed E-state index contributed by atoms with van der Waals surface area (Å²) in [6.45, 7) is 0. The molecule has 1 aliphatic rings. The first kappa shape index (κ1) is 15.3. The zero-order chi connectivity index (χ0) is 17.4. The van der Waals surface area contributed by atoms with Gasteiger partial charge in [-0.1, -0.05) is 60.7 Å². The lowest BCUT2D eigenvalue weighted by Crippen LogP contribution is -2.33. The van der Waals surface area contributed by atoms with Crippen molar-refractivity contribution >= 4 is 5.57 Å². The van der Waals surface area contributed by atoms with Gasteiger partial charge in [0.05, 0.1) is 0 Å². The summed E-state index contributed by atoms with van der Waals surface area (Å²) in [5.41, 5.74) is 2.70. The zero-order valence-electron chi connectivity index (χ0n) is 13.3. The number of rotatable bonds is 2. The topological polar surface area (TPSA) is 69.9 Å². The van der Waals surface area contributed by atoms with E-state index in [-0.39, 0.29) is 11.5 Å². The number of aliphatic hydroxyl groups is 1. The minimum absolute atomic E-state index is 0.0488. The van der Waals surface area contributed by atoms with Crippen LogP contribution < -0.4 is 4.74 Å². The fraction of sp³-hybridized carbons (Fsp3) is 0.0476. The molecule has 0 aromatic heterocycles. The second-order valence-corrected chi connectivity index (χ2v) is 5.90. The summed E-state index contributed by atoms with van der Waals surface area (Å²) in [5, 5.41) is 31.3. The van der Waals surface area contributed by atoms with Crippen LogP contribution in [0.15, 0.2) is 78.9 Å². The van der Waals surface area contributed by atoms with Crippen LogP contribution in [0.5, 0.6) is 17.2 Å². The van der Waals surface area contributed by atoms with Crippen LogP contribution >= 0.6 is 0 Å². The summed E-state index contributed by atoms with van der Waals surface area (Å²) in [4.78, 5) is 0. The average molecular weight is 332 g/mol. The van der Waals surface area contributed by atoms with E-state index in [0.29, 0.717) is 16.7 Å². The Balaban J connectivity index is 1.98. The van der Waals surface area contributed by atoms with Gasteiger partial charge in [-0.2, -0.15) is 0 Å². The van der Waals surface area contributed by atoms with Crippen LogP contribution in [0.25, 0.3) is 5.57 Å². The van der Waals surface area contributed by atoms with Crippen molar-refractivity contribution < 1.29 is 20.1 Å². The Morgan fingerprint density at radius 2 is 1.40 bits per heavy atom. The summed E-state index contributed by atoms with van der Waals surface area (Å²) in [5.74, 6) is -2.41. The van der Waals surface area contributed by atoms with Crippen LogP contribution in [-0.4, -0.2) is 15.3 Å². The number of benzene rings is 3. The van der Waals surface area contributed by atoms with E-state index < -0.39 is 11.5 Å². The Kier molecular flexibility index (Phi) is 3.48. The fourth-order valence-electron chi connectivity index (χ4n) is 3.01. The van der Waals surface area contributed by atoms with Gasteiger partial charge in [0, 0.05) is 17.2 Å². The van der Waals surface area contributed by atoms with E-state index in [9.17, 15) is 15.3 Å². The SMILES string of the molecule is Oc1ccc2c(c1O)OC(O)(c1ccccc1)C=C2c1ccccc1. The van der Waals surface area contributed by atoms with Gasteiger partial charge in [0.1, 0.15) is 0 Å². The van der Waals surface area contributed by atoms with E-state index in [0.717, 1.165) is 5.56 Å². The van der Waals surface area contributed by atoms with Crippen molar-refractivity contribution in [3.63, 3.8) is 0 Å². The van der Waals surface area contributed by atoms with E-state index in [4.69, 9.17) is 4.74 Å². The third kappa shape index (κ3) is 2.53. The summed E-state index contributed by atoms with van der Waals surface area (Å²) in [7, 11) is 0. The minimum atomic E-state index is -1.76. The van der Waals surface area contributed by atoms with Gasteiger partial charge in [0.25, 0.3) is 5.79 Å². The van der Waals surface area contributed by atoms with Crippen LogP contribution in [0.1, 0.15) is 16.7 Å². The van der Waals surface area contributed by atoms with E-state index in [1.807, 2.05) is 36.4 Å². The van der Waals surface area contributed by atoms with Crippen molar-refractivity contribution in [2.75, 3.05) is 0 Å². The second-order valence-electron chi connectivity index (χ2n) is 5.90. The smallest absolute Gasteiger partial charge is 0.256 e. The molecule has 0 bridgehead atoms. The molecular formula is C21H16O4. The molecule has 1 unspecified atom stereocenters. The highest BCUT2D eigenvalue weighted by atomic mass is 16.6. The van der Waals surface area contributed by atoms with Gasteiger partial charge in [-0.25, -0.2) is 0 Å². The minimum Gasteiger partial charge on any atom is -0.504 e. The predicted octanol–water partition coefficient (Wildman–Crippen LogP) is 3.77. The van der Waals surface area contributed by atoms with Crippen molar-refractivity contribution in [3.05, 3.63) is 95.6 Å². The van der Waals surface area contributed by atoms with Crippen LogP contribution in [0.2, 0.25) is 0 Å². The monoisotopic (exact) mass is 332 g/mol. The molecule has 25 heavy (non-hydrogen) atoms. The van der Waals surface area contributed by atoms with Gasteiger partial charge in [-0.3, -0.25) is 0 Å². The third-order valence-electron chi connectivity index (χ3n) is 4.27. The van der Waals surface area contributed by atoms with E-state index >= 15 is 0 Å². The molecular weight excluding hydrogens is 316 g/mol. The summed E-state index contributed by atoms with van der Waals surface area (Å²) < 4.78 is 5.74. The molecule has 4 nitrogen and oxygen atoms in total. The molecule has 0 amide bonds. The lowest BCUT2D eigenvalue weighted by atomic mass is 9.90. The molecule has 3 aromatic rings. The van der Waals surface area contributed by atoms with E-state index in [1.165, 1.54) is 6.07 Å². The Hall–Kier alpha value is -3.24. The first-order chi connectivity index (χ1) is 12.1. The second kappa shape index (κ2) is 5.69. The zero-order valence-corrected chi connectivity index (χ0v) is 13.3. The van der Waals surface area contributed by atoms with Gasteiger partial charge < -0.3 is 20.1 Å². The maximum atomic E-state index is 11.1. The van der Waals surface area contributed by atoms with Crippen LogP contribution in [0, 0.1) is 0 Å². The Morgan fingerprint density at radius 1 is 0.760 bits per heavy atom. The quantitative estimate of drug-likeness (QED) is 0.625. The van der Waals surface area contributed by atoms with Crippen molar-refractivity contribution in [2.24, 2.45) is 0 Å².